The van der Waals surface area contributed by atoms with Crippen molar-refractivity contribution in [2.45, 2.75) is 0 Å². The second-order valence-electron chi connectivity index (χ2n) is 6.03. The molecule has 0 atom stereocenters. The average Bonchev–Trinajstić information content (AvgIpc) is 3.07. The summed E-state index contributed by atoms with van der Waals surface area (Å²) in [5, 5.41) is 8.28. The highest BCUT2D eigenvalue weighted by molar-refractivity contribution is 5.89. The Morgan fingerprint density at radius 2 is 1.77 bits per heavy atom. The highest BCUT2D eigenvalue weighted by Crippen LogP contribution is 2.26. The van der Waals surface area contributed by atoms with E-state index in [2.05, 4.69) is 20.4 Å². The Morgan fingerprint density at radius 3 is 2.50 bits per heavy atom. The van der Waals surface area contributed by atoms with Crippen molar-refractivity contribution in [3.05, 3.63) is 66.9 Å². The van der Waals surface area contributed by atoms with E-state index in [1.165, 1.54) is 17.1 Å². The molecule has 0 fully saturated rings. The molecule has 0 aliphatic carbocycles. The van der Waals surface area contributed by atoms with Crippen LogP contribution in [0.2, 0.25) is 0 Å². The molecule has 0 saturated heterocycles. The summed E-state index contributed by atoms with van der Waals surface area (Å²) in [6, 6.07) is 14.5. The summed E-state index contributed by atoms with van der Waals surface area (Å²) in [5.74, 6) is 0.264. The van der Waals surface area contributed by atoms with Gasteiger partial charge < -0.3 is 10.2 Å². The van der Waals surface area contributed by atoms with Gasteiger partial charge in [-0.2, -0.15) is 5.10 Å². The number of para-hydroxylation sites is 1. The maximum atomic E-state index is 14.1. The zero-order valence-electron chi connectivity index (χ0n) is 14.4. The first-order valence-corrected chi connectivity index (χ1v) is 8.11. The molecule has 0 saturated carbocycles. The summed E-state index contributed by atoms with van der Waals surface area (Å²) in [7, 11) is 3.99. The molecule has 2 aromatic heterocycles. The number of aromatic nitrogens is 4. The lowest BCUT2D eigenvalue weighted by atomic mass is 10.2. The predicted octanol–water partition coefficient (Wildman–Crippen LogP) is 3.76. The fourth-order valence-corrected chi connectivity index (χ4v) is 2.72. The van der Waals surface area contributed by atoms with Crippen LogP contribution in [0.3, 0.4) is 0 Å². The maximum Gasteiger partial charge on any atom is 0.168 e. The summed E-state index contributed by atoms with van der Waals surface area (Å²) >= 11 is 0. The zero-order valence-corrected chi connectivity index (χ0v) is 14.4. The molecule has 1 N–H and O–H groups in total. The maximum absolute atomic E-state index is 14.1. The van der Waals surface area contributed by atoms with Crippen LogP contribution in [0.15, 0.2) is 61.1 Å². The van der Waals surface area contributed by atoms with E-state index >= 15 is 0 Å². The minimum atomic E-state index is -0.357. The van der Waals surface area contributed by atoms with Crippen molar-refractivity contribution >= 4 is 28.2 Å². The molecule has 4 rings (SSSR count). The van der Waals surface area contributed by atoms with Crippen molar-refractivity contribution in [3.8, 4) is 5.69 Å². The Morgan fingerprint density at radius 1 is 1.00 bits per heavy atom. The van der Waals surface area contributed by atoms with Crippen LogP contribution in [0.5, 0.6) is 0 Å². The minimum absolute atomic E-state index is 0.350. The van der Waals surface area contributed by atoms with Gasteiger partial charge in [0.15, 0.2) is 5.65 Å². The van der Waals surface area contributed by atoms with Gasteiger partial charge in [0.1, 0.15) is 23.6 Å². The van der Waals surface area contributed by atoms with E-state index in [1.54, 1.807) is 24.4 Å². The molecule has 4 aromatic rings. The smallest absolute Gasteiger partial charge is 0.168 e. The number of hydrogen-bond donors (Lipinski definition) is 1. The van der Waals surface area contributed by atoms with E-state index < -0.39 is 0 Å². The first-order chi connectivity index (χ1) is 12.6. The summed E-state index contributed by atoms with van der Waals surface area (Å²) < 4.78 is 15.6. The number of hydrogen-bond acceptors (Lipinski definition) is 5. The molecule has 7 heteroatoms. The van der Waals surface area contributed by atoms with Crippen molar-refractivity contribution in [2.24, 2.45) is 0 Å². The Kier molecular flexibility index (Phi) is 3.96. The van der Waals surface area contributed by atoms with Gasteiger partial charge in [-0.1, -0.05) is 12.1 Å². The molecule has 0 spiro atoms. The number of anilines is 3. The molecule has 0 bridgehead atoms. The van der Waals surface area contributed by atoms with Crippen molar-refractivity contribution < 1.29 is 4.39 Å². The molecule has 0 aliphatic rings. The molecule has 0 unspecified atom stereocenters. The number of benzene rings is 2. The lowest BCUT2D eigenvalue weighted by molar-refractivity contribution is 0.612. The van der Waals surface area contributed by atoms with Crippen molar-refractivity contribution in [1.29, 1.82) is 0 Å². The van der Waals surface area contributed by atoms with Gasteiger partial charge in [0.2, 0.25) is 0 Å². The van der Waals surface area contributed by atoms with E-state index in [-0.39, 0.29) is 5.82 Å². The van der Waals surface area contributed by atoms with Crippen molar-refractivity contribution in [1.82, 2.24) is 19.7 Å². The minimum Gasteiger partial charge on any atom is -0.378 e. The third-order valence-electron chi connectivity index (χ3n) is 4.09. The highest BCUT2D eigenvalue weighted by atomic mass is 19.1. The second kappa shape index (κ2) is 6.44. The molecule has 130 valence electrons. The van der Waals surface area contributed by atoms with Crippen molar-refractivity contribution in [2.75, 3.05) is 24.3 Å². The van der Waals surface area contributed by atoms with Crippen LogP contribution in [0.4, 0.5) is 21.6 Å². The van der Waals surface area contributed by atoms with Gasteiger partial charge in [-0.15, -0.1) is 0 Å². The topological polar surface area (TPSA) is 58.9 Å². The number of rotatable bonds is 4. The molecule has 2 heterocycles. The monoisotopic (exact) mass is 348 g/mol. The van der Waals surface area contributed by atoms with Crippen molar-refractivity contribution in [3.63, 3.8) is 0 Å². The quantitative estimate of drug-likeness (QED) is 0.608. The summed E-state index contributed by atoms with van der Waals surface area (Å²) in [6.07, 6.45) is 3.08. The zero-order chi connectivity index (χ0) is 18.1. The number of fused-ring (bicyclic) bond motifs is 1. The lowest BCUT2D eigenvalue weighted by Crippen LogP contribution is -2.08. The van der Waals surface area contributed by atoms with Gasteiger partial charge in [0, 0.05) is 25.5 Å². The molecular formula is C19H17FN6. The Hall–Kier alpha value is -3.48. The van der Waals surface area contributed by atoms with Gasteiger partial charge in [-0.25, -0.2) is 19.0 Å². The van der Waals surface area contributed by atoms with Crippen LogP contribution in [-0.2, 0) is 0 Å². The van der Waals surface area contributed by atoms with Crippen LogP contribution >= 0.6 is 0 Å². The molecule has 0 radical (unpaired) electrons. The van der Waals surface area contributed by atoms with E-state index in [0.29, 0.717) is 22.5 Å². The van der Waals surface area contributed by atoms with Gasteiger partial charge >= 0.3 is 0 Å². The van der Waals surface area contributed by atoms with Crippen LogP contribution in [0.25, 0.3) is 16.7 Å². The van der Waals surface area contributed by atoms with E-state index in [9.17, 15) is 4.39 Å². The molecule has 0 aliphatic heterocycles. The van der Waals surface area contributed by atoms with Gasteiger partial charge in [-0.3, -0.25) is 0 Å². The van der Waals surface area contributed by atoms with E-state index in [4.69, 9.17) is 0 Å². The van der Waals surface area contributed by atoms with E-state index in [1.807, 2.05) is 43.3 Å². The third kappa shape index (κ3) is 2.83. The first kappa shape index (κ1) is 16.0. The van der Waals surface area contributed by atoms with Crippen LogP contribution in [0, 0.1) is 5.82 Å². The first-order valence-electron chi connectivity index (χ1n) is 8.11. The van der Waals surface area contributed by atoms with Gasteiger partial charge in [0.05, 0.1) is 11.6 Å². The number of halogens is 1. The van der Waals surface area contributed by atoms with Crippen LogP contribution in [0.1, 0.15) is 0 Å². The number of nitrogens with zero attached hydrogens (tertiary/aromatic N) is 5. The summed E-state index contributed by atoms with van der Waals surface area (Å²) in [4.78, 5) is 10.6. The second-order valence-corrected chi connectivity index (χ2v) is 6.03. The number of nitrogens with one attached hydrogen (secondary N) is 1. The molecule has 2 aromatic carbocycles. The van der Waals surface area contributed by atoms with E-state index in [0.717, 1.165) is 11.4 Å². The van der Waals surface area contributed by atoms with Crippen LogP contribution < -0.4 is 10.2 Å². The fraction of sp³-hybridized carbons (Fsp3) is 0.105. The third-order valence-corrected chi connectivity index (χ3v) is 4.09. The molecular weight excluding hydrogens is 331 g/mol. The predicted molar refractivity (Wildman–Crippen MR) is 101 cm³/mol. The molecule has 26 heavy (non-hydrogen) atoms. The Bertz CT molecular complexity index is 1060. The van der Waals surface area contributed by atoms with Gasteiger partial charge in [0.25, 0.3) is 0 Å². The summed E-state index contributed by atoms with van der Waals surface area (Å²) in [5.41, 5.74) is 2.89. The highest BCUT2D eigenvalue weighted by Gasteiger charge is 2.13. The van der Waals surface area contributed by atoms with Gasteiger partial charge in [-0.05, 0) is 36.4 Å². The molecule has 6 nitrogen and oxygen atoms in total. The molecule has 0 amide bonds. The normalized spacial score (nSPS) is 10.9. The van der Waals surface area contributed by atoms with Crippen LogP contribution in [-0.4, -0.2) is 33.8 Å². The lowest BCUT2D eigenvalue weighted by Gasteiger charge is -2.13. The fourth-order valence-electron chi connectivity index (χ4n) is 2.72. The SMILES string of the molecule is CN(C)c1ccc(Nc2ncnc3c2cnn3-c2ccccc2F)cc1. The largest absolute Gasteiger partial charge is 0.378 e. The summed E-state index contributed by atoms with van der Waals surface area (Å²) in [6.45, 7) is 0. The standard InChI is InChI=1S/C19H17FN6/c1-25(2)14-9-7-13(8-10-14)24-18-15-11-23-26(19(15)22-12-21-18)17-6-4-3-5-16(17)20/h3-12H,1-2H3,(H,21,22,24). The Balaban J connectivity index is 1.72. The Labute approximate surface area is 149 Å². The average molecular weight is 348 g/mol.